The minimum atomic E-state index is -1.67. The van der Waals surface area contributed by atoms with E-state index in [1.54, 1.807) is 0 Å². The molecule has 0 aliphatic carbocycles. The Hall–Kier alpha value is 0.292. The fourth-order valence-electron chi connectivity index (χ4n) is 0.671. The Bertz CT molecular complexity index is 110. The first-order chi connectivity index (χ1) is 5.54. The first-order valence-corrected chi connectivity index (χ1v) is 3.48. The highest BCUT2D eigenvalue weighted by Gasteiger charge is 2.29. The second kappa shape index (κ2) is 7.67. The largest absolute Gasteiger partial charge is 0.394 e. The summed E-state index contributed by atoms with van der Waals surface area (Å²) in [6.07, 6.45) is -6.39. The van der Waals surface area contributed by atoms with Gasteiger partial charge in [0.05, 0.1) is 13.2 Å². The van der Waals surface area contributed by atoms with Crippen LogP contribution in [0, 0.1) is 0 Å². The van der Waals surface area contributed by atoms with Gasteiger partial charge in [-0.2, -0.15) is 0 Å². The molecule has 0 amide bonds. The molecule has 0 radical (unpaired) electrons. The molecule has 80 valence electrons. The molecule has 0 aliphatic heterocycles. The molecule has 7 heteroatoms. The first kappa shape index (κ1) is 15.8. The molecule has 0 saturated heterocycles. The summed E-state index contributed by atoms with van der Waals surface area (Å²) in [7, 11) is 0. The molecular weight excluding hydrogens is 195 g/mol. The number of rotatable bonds is 5. The van der Waals surface area contributed by atoms with E-state index in [0.29, 0.717) is 0 Å². The highest BCUT2D eigenvalue weighted by Crippen LogP contribution is 2.03. The SMILES string of the molecule is OCC(O)C(O)C(O)C(O)CO.[AlH3]. The van der Waals surface area contributed by atoms with E-state index >= 15 is 0 Å². The van der Waals surface area contributed by atoms with Gasteiger partial charge in [-0.1, -0.05) is 0 Å². The highest BCUT2D eigenvalue weighted by molar-refractivity contribution is 5.75. The van der Waals surface area contributed by atoms with Gasteiger partial charge in [-0.15, -0.1) is 0 Å². The second-order valence-corrected chi connectivity index (χ2v) is 2.48. The molecule has 0 rings (SSSR count). The fourth-order valence-corrected chi connectivity index (χ4v) is 0.671. The number of hydrogen-bond acceptors (Lipinski definition) is 6. The van der Waals surface area contributed by atoms with Crippen LogP contribution in [0.5, 0.6) is 0 Å². The van der Waals surface area contributed by atoms with Crippen LogP contribution in [-0.4, -0.2) is 85.6 Å². The third kappa shape index (κ3) is 4.91. The number of hydrogen-bond donors (Lipinski definition) is 6. The lowest BCUT2D eigenvalue weighted by molar-refractivity contribution is -0.123. The van der Waals surface area contributed by atoms with Crippen molar-refractivity contribution in [2.24, 2.45) is 0 Å². The summed E-state index contributed by atoms with van der Waals surface area (Å²) in [4.78, 5) is 0. The summed E-state index contributed by atoms with van der Waals surface area (Å²) in [5.74, 6) is 0. The van der Waals surface area contributed by atoms with Gasteiger partial charge in [0.25, 0.3) is 0 Å². The fraction of sp³-hybridized carbons (Fsp3) is 1.00. The van der Waals surface area contributed by atoms with Gasteiger partial charge in [0.1, 0.15) is 24.4 Å². The van der Waals surface area contributed by atoms with Crippen LogP contribution >= 0.6 is 0 Å². The standard InChI is InChI=1S/C6H14O6.Al.3H/c7-1-3(9)5(11)6(12)4(10)2-8;;;;/h3-12H,1-2H2;;;;. The van der Waals surface area contributed by atoms with Gasteiger partial charge in [-0.25, -0.2) is 0 Å². The predicted molar refractivity (Wildman–Crippen MR) is 48.1 cm³/mol. The molecule has 0 fully saturated rings. The maximum atomic E-state index is 8.96. The van der Waals surface area contributed by atoms with Crippen molar-refractivity contribution < 1.29 is 30.6 Å². The van der Waals surface area contributed by atoms with E-state index in [-0.39, 0.29) is 17.4 Å². The van der Waals surface area contributed by atoms with E-state index in [9.17, 15) is 0 Å². The molecule has 0 aromatic carbocycles. The van der Waals surface area contributed by atoms with Crippen molar-refractivity contribution >= 4 is 17.4 Å². The minimum absolute atomic E-state index is 0. The third-order valence-electron chi connectivity index (χ3n) is 1.51. The van der Waals surface area contributed by atoms with Crippen LogP contribution < -0.4 is 0 Å². The quantitative estimate of drug-likeness (QED) is 0.254. The van der Waals surface area contributed by atoms with E-state index in [4.69, 9.17) is 30.6 Å². The van der Waals surface area contributed by atoms with Crippen LogP contribution in [0.15, 0.2) is 0 Å². The Balaban J connectivity index is 0. The maximum Gasteiger partial charge on any atom is 0.187 e. The number of aliphatic hydroxyl groups is 6. The Morgan fingerprint density at radius 2 is 0.923 bits per heavy atom. The van der Waals surface area contributed by atoms with Crippen molar-refractivity contribution in [3.8, 4) is 0 Å². The summed E-state index contributed by atoms with van der Waals surface area (Å²) in [6.45, 7) is -1.45. The van der Waals surface area contributed by atoms with Crippen LogP contribution in [0.2, 0.25) is 0 Å². The first-order valence-electron chi connectivity index (χ1n) is 3.48. The normalized spacial score (nSPS) is 19.8. The van der Waals surface area contributed by atoms with Crippen molar-refractivity contribution in [2.45, 2.75) is 24.4 Å². The second-order valence-electron chi connectivity index (χ2n) is 2.48. The molecule has 0 bridgehead atoms. The maximum absolute atomic E-state index is 8.96. The van der Waals surface area contributed by atoms with Gasteiger partial charge >= 0.3 is 0 Å². The molecule has 4 unspecified atom stereocenters. The highest BCUT2D eigenvalue weighted by atomic mass is 27.0. The lowest BCUT2D eigenvalue weighted by Crippen LogP contribution is -2.46. The monoisotopic (exact) mass is 212 g/mol. The molecular formula is C6H17AlO6. The van der Waals surface area contributed by atoms with Crippen molar-refractivity contribution in [3.05, 3.63) is 0 Å². The lowest BCUT2D eigenvalue weighted by Gasteiger charge is -2.24. The minimum Gasteiger partial charge on any atom is -0.394 e. The van der Waals surface area contributed by atoms with Crippen LogP contribution in [0.4, 0.5) is 0 Å². The Morgan fingerprint density at radius 1 is 0.692 bits per heavy atom. The summed E-state index contributed by atoms with van der Waals surface area (Å²) in [6, 6.07) is 0. The zero-order valence-corrected chi connectivity index (χ0v) is 6.41. The van der Waals surface area contributed by atoms with Gasteiger partial charge in [0.15, 0.2) is 17.4 Å². The molecule has 0 aromatic heterocycles. The van der Waals surface area contributed by atoms with E-state index in [2.05, 4.69) is 0 Å². The average molecular weight is 212 g/mol. The molecule has 0 aliphatic rings. The van der Waals surface area contributed by atoms with Crippen molar-refractivity contribution in [2.75, 3.05) is 13.2 Å². The number of aliphatic hydroxyl groups excluding tert-OH is 6. The smallest absolute Gasteiger partial charge is 0.187 e. The van der Waals surface area contributed by atoms with E-state index in [1.165, 1.54) is 0 Å². The Kier molecular flexibility index (Phi) is 9.30. The Labute approximate surface area is 86.2 Å². The molecule has 13 heavy (non-hydrogen) atoms. The lowest BCUT2D eigenvalue weighted by atomic mass is 10.0. The summed E-state index contributed by atoms with van der Waals surface area (Å²) >= 11 is 0. The van der Waals surface area contributed by atoms with E-state index in [0.717, 1.165) is 0 Å². The van der Waals surface area contributed by atoms with Crippen molar-refractivity contribution in [1.82, 2.24) is 0 Å². The van der Waals surface area contributed by atoms with Crippen LogP contribution in [0.1, 0.15) is 0 Å². The molecule has 0 aromatic rings. The van der Waals surface area contributed by atoms with Crippen LogP contribution in [0.25, 0.3) is 0 Å². The Morgan fingerprint density at radius 3 is 1.08 bits per heavy atom. The molecule has 0 saturated carbocycles. The third-order valence-corrected chi connectivity index (χ3v) is 1.51. The van der Waals surface area contributed by atoms with Gasteiger partial charge in [-0.3, -0.25) is 0 Å². The van der Waals surface area contributed by atoms with Gasteiger partial charge in [0, 0.05) is 0 Å². The van der Waals surface area contributed by atoms with Gasteiger partial charge in [-0.05, 0) is 0 Å². The summed E-state index contributed by atoms with van der Waals surface area (Å²) < 4.78 is 0. The van der Waals surface area contributed by atoms with Crippen molar-refractivity contribution in [1.29, 1.82) is 0 Å². The summed E-state index contributed by atoms with van der Waals surface area (Å²) in [5.41, 5.74) is 0. The molecule has 0 spiro atoms. The van der Waals surface area contributed by atoms with Crippen LogP contribution in [-0.2, 0) is 0 Å². The topological polar surface area (TPSA) is 121 Å². The van der Waals surface area contributed by atoms with Gasteiger partial charge < -0.3 is 30.6 Å². The molecule has 0 heterocycles. The molecule has 6 nitrogen and oxygen atoms in total. The van der Waals surface area contributed by atoms with E-state index in [1.807, 2.05) is 0 Å². The molecule has 4 atom stereocenters. The predicted octanol–water partition coefficient (Wildman–Crippen LogP) is -4.77. The van der Waals surface area contributed by atoms with Gasteiger partial charge in [0.2, 0.25) is 0 Å². The van der Waals surface area contributed by atoms with E-state index < -0.39 is 37.6 Å². The van der Waals surface area contributed by atoms with Crippen LogP contribution in [0.3, 0.4) is 0 Å². The van der Waals surface area contributed by atoms with Crippen molar-refractivity contribution in [3.63, 3.8) is 0 Å². The summed E-state index contributed by atoms with van der Waals surface area (Å²) in [5, 5.41) is 52.2. The zero-order chi connectivity index (χ0) is 9.72. The molecule has 6 N–H and O–H groups in total. The average Bonchev–Trinajstić information content (AvgIpc) is 2.12. The zero-order valence-electron chi connectivity index (χ0n) is 6.41.